The zero-order valence-corrected chi connectivity index (χ0v) is 55.1. The number of halogens is 3. The summed E-state index contributed by atoms with van der Waals surface area (Å²) >= 11 is 0. The molecule has 0 unspecified atom stereocenters. The molecule has 0 aliphatic carbocycles. The zero-order valence-electron chi connectivity index (χ0n) is 55.1. The largest absolute Gasteiger partial charge is 0.490 e. The van der Waals surface area contributed by atoms with Crippen molar-refractivity contribution in [3.05, 3.63) is 286 Å². The summed E-state index contributed by atoms with van der Waals surface area (Å²) in [6.07, 6.45) is 0.501. The minimum absolute atomic E-state index is 0.0633. The van der Waals surface area contributed by atoms with Crippen LogP contribution < -0.4 is 31.9 Å². The van der Waals surface area contributed by atoms with Crippen molar-refractivity contribution in [3.63, 3.8) is 0 Å². The highest BCUT2D eigenvalue weighted by Crippen LogP contribution is 2.35. The van der Waals surface area contributed by atoms with Crippen LogP contribution in [0.2, 0.25) is 0 Å². The lowest BCUT2D eigenvalue weighted by molar-refractivity contribution is -0.192. The minimum atomic E-state index is -5.08. The van der Waals surface area contributed by atoms with Crippen molar-refractivity contribution in [1.29, 1.82) is 0 Å². The summed E-state index contributed by atoms with van der Waals surface area (Å²) in [5.41, 5.74) is 13.8. The number of nitrogens with zero attached hydrogens (tertiary/aromatic N) is 3. The summed E-state index contributed by atoms with van der Waals surface area (Å²) < 4.78 is 31.7. The van der Waals surface area contributed by atoms with Gasteiger partial charge >= 0.3 is 12.1 Å². The molecule has 6 amide bonds. The van der Waals surface area contributed by atoms with Crippen LogP contribution in [-0.2, 0) is 72.1 Å². The van der Waals surface area contributed by atoms with Gasteiger partial charge in [-0.1, -0.05) is 109 Å². The van der Waals surface area contributed by atoms with Crippen molar-refractivity contribution < 1.29 is 51.8 Å². The molecule has 10 N–H and O–H groups in total. The maximum absolute atomic E-state index is 14.4. The number of aromatic amines is 3. The lowest BCUT2D eigenvalue weighted by Crippen LogP contribution is -2.46. The maximum Gasteiger partial charge on any atom is 0.490 e. The fourth-order valence-corrected chi connectivity index (χ4v) is 12.3. The van der Waals surface area contributed by atoms with Crippen LogP contribution in [0.5, 0.6) is 0 Å². The molecule has 0 saturated heterocycles. The maximum atomic E-state index is 14.4. The summed E-state index contributed by atoms with van der Waals surface area (Å²) in [6.45, 7) is 5.79. The van der Waals surface area contributed by atoms with Gasteiger partial charge in [0.2, 0.25) is 35.4 Å². The summed E-state index contributed by atoms with van der Waals surface area (Å²) in [7, 11) is 0. The van der Waals surface area contributed by atoms with Crippen LogP contribution in [0, 0.1) is 20.8 Å². The van der Waals surface area contributed by atoms with Crippen molar-refractivity contribution in [1.82, 2.24) is 45.9 Å². The first kappa shape index (κ1) is 69.8. The quantitative estimate of drug-likeness (QED) is 0.0254. The second kappa shape index (κ2) is 31.8. The monoisotopic (exact) mass is 1360 g/mol. The van der Waals surface area contributed by atoms with Gasteiger partial charge in [0.15, 0.2) is 0 Å². The van der Waals surface area contributed by atoms with Gasteiger partial charge in [-0.05, 0) is 145 Å². The first-order valence-electron chi connectivity index (χ1n) is 32.5. The van der Waals surface area contributed by atoms with Crippen molar-refractivity contribution in [3.8, 4) is 0 Å². The van der Waals surface area contributed by atoms with E-state index in [0.29, 0.717) is 34.1 Å². The molecule has 6 aromatic carbocycles. The third kappa shape index (κ3) is 18.0. The number of carbonyl (C=O) groups excluding carboxylic acids is 6. The van der Waals surface area contributed by atoms with E-state index < -0.39 is 53.9 Å². The standard InChI is InChI=1S/C76H70N12O6.C2HF3O2/c1-46-61(58-19-4-7-22-64(58)80-46)43-70(89)86-67(40-55-16-10-13-37-77-55)74(92)83-52-31-25-49(26-32-52)73(50-27-33-53(34-28-50)84-75(93)68(41-56-17-11-14-38-78-56)87-71(90)44-62-47(2)81-65-23-8-5-20-59(62)65)51-29-35-54(36-30-51)85-76(94)69(42-57-18-12-15-39-79-57)88-72(91)45-63-48(3)82-66-24-9-6-21-60(63)66;3-2(4,5)1(6)7/h4-39,67-69,73,80-82H,40-45H2,1-3H3,(H,83,92)(H,84,93)(H,85,94)(H,86,89)(H,87,90)(H,88,91);(H,6,7)/t67-,68-,69-;/m0./s1. The van der Waals surface area contributed by atoms with Crippen molar-refractivity contribution in [2.24, 2.45) is 0 Å². The number of nitrogens with one attached hydrogen (secondary N) is 9. The second-order valence-corrected chi connectivity index (χ2v) is 24.4. The minimum Gasteiger partial charge on any atom is -0.475 e. The smallest absolute Gasteiger partial charge is 0.475 e. The number of amides is 6. The number of alkyl halides is 3. The van der Waals surface area contributed by atoms with Crippen LogP contribution >= 0.6 is 0 Å². The SMILES string of the molecule is Cc1[nH]c2ccccc2c1CC(=O)N[C@@H](Cc1ccccn1)C(=O)Nc1ccc(C(c2ccc(NC(=O)[C@H](Cc3ccccn3)NC(=O)Cc3c(C)[nH]c4ccccc34)cc2)c2ccc(NC(=O)[C@H](Cc3ccccn3)NC(=O)Cc3c(C)[nH]c4ccccc34)cc2)cc1.O=C(O)C(F)(F)F. The Bertz CT molecular complexity index is 4460. The van der Waals surface area contributed by atoms with Gasteiger partial charge in [0.25, 0.3) is 0 Å². The molecule has 23 heteroatoms. The molecular weight excluding hydrogens is 1290 g/mol. The molecule has 512 valence electrons. The fraction of sp³-hybridized carbons (Fsp3) is 0.179. The molecule has 0 aliphatic heterocycles. The third-order valence-corrected chi connectivity index (χ3v) is 17.2. The van der Waals surface area contributed by atoms with Crippen molar-refractivity contribution >= 4 is 91.2 Å². The Kier molecular flexibility index (Phi) is 22.0. The van der Waals surface area contributed by atoms with Crippen LogP contribution in [-0.4, -0.2) is 101 Å². The molecule has 20 nitrogen and oxygen atoms in total. The number of H-pyrrole nitrogens is 3. The number of carbonyl (C=O) groups is 7. The molecule has 12 aromatic rings. The van der Waals surface area contributed by atoms with Crippen LogP contribution in [0.1, 0.15) is 73.5 Å². The molecular formula is C78H71F3N12O8. The van der Waals surface area contributed by atoms with Gasteiger partial charge < -0.3 is 52.0 Å². The molecule has 0 bridgehead atoms. The Balaban J connectivity index is 0.00000139. The average molecular weight is 1360 g/mol. The summed E-state index contributed by atoms with van der Waals surface area (Å²) in [4.78, 5) is 117. The first-order chi connectivity index (χ1) is 48.7. The molecule has 101 heavy (non-hydrogen) atoms. The second-order valence-electron chi connectivity index (χ2n) is 24.4. The van der Waals surface area contributed by atoms with Crippen LogP contribution in [0.4, 0.5) is 30.2 Å². The van der Waals surface area contributed by atoms with E-state index in [2.05, 4.69) is 61.8 Å². The third-order valence-electron chi connectivity index (χ3n) is 17.2. The molecule has 6 heterocycles. The number of rotatable bonds is 24. The normalized spacial score (nSPS) is 12.2. The van der Waals surface area contributed by atoms with E-state index in [4.69, 9.17) is 9.90 Å². The average Bonchev–Trinajstić information content (AvgIpc) is 1.73. The number of pyridine rings is 3. The number of benzene rings is 6. The number of aromatic nitrogens is 6. The number of hydrogen-bond acceptors (Lipinski definition) is 10. The Morgan fingerprint density at radius 2 is 0.644 bits per heavy atom. The predicted molar refractivity (Wildman–Crippen MR) is 380 cm³/mol. The molecule has 0 aliphatic rings. The molecule has 0 saturated carbocycles. The van der Waals surface area contributed by atoms with E-state index in [1.807, 2.05) is 203 Å². The zero-order chi connectivity index (χ0) is 71.2. The van der Waals surface area contributed by atoms with Gasteiger partial charge in [0, 0.05) is 128 Å². The van der Waals surface area contributed by atoms with Gasteiger partial charge in [0.05, 0.1) is 19.3 Å². The Hall–Kier alpha value is -12.5. The number of hydrogen-bond donors (Lipinski definition) is 10. The van der Waals surface area contributed by atoms with Crippen LogP contribution in [0.3, 0.4) is 0 Å². The molecule has 3 atom stereocenters. The van der Waals surface area contributed by atoms with E-state index in [-0.39, 0.29) is 56.2 Å². The molecule has 0 spiro atoms. The van der Waals surface area contributed by atoms with Crippen LogP contribution in [0.25, 0.3) is 32.7 Å². The van der Waals surface area contributed by atoms with E-state index >= 15 is 0 Å². The molecule has 6 aromatic heterocycles. The van der Waals surface area contributed by atoms with Crippen molar-refractivity contribution in [2.45, 2.75) is 89.5 Å². The number of aryl methyl sites for hydroxylation is 3. The number of aliphatic carboxylic acids is 1. The van der Waals surface area contributed by atoms with E-state index in [0.717, 1.165) is 83.2 Å². The van der Waals surface area contributed by atoms with E-state index in [9.17, 15) is 41.9 Å². The topological polar surface area (TPSA) is 298 Å². The fourth-order valence-electron chi connectivity index (χ4n) is 12.3. The van der Waals surface area contributed by atoms with E-state index in [1.54, 1.807) is 36.8 Å². The molecule has 0 radical (unpaired) electrons. The number of anilines is 3. The number of carboxylic acids is 1. The summed E-state index contributed by atoms with van der Waals surface area (Å²) in [6, 6.07) is 59.2. The molecule has 12 rings (SSSR count). The van der Waals surface area contributed by atoms with Gasteiger partial charge in [-0.2, -0.15) is 13.2 Å². The van der Waals surface area contributed by atoms with Crippen LogP contribution in [0.15, 0.2) is 219 Å². The summed E-state index contributed by atoms with van der Waals surface area (Å²) in [5.74, 6) is -5.41. The Morgan fingerprint density at radius 3 is 0.891 bits per heavy atom. The van der Waals surface area contributed by atoms with Crippen molar-refractivity contribution in [2.75, 3.05) is 16.0 Å². The lowest BCUT2D eigenvalue weighted by atomic mass is 9.85. The predicted octanol–water partition coefficient (Wildman–Crippen LogP) is 11.8. The van der Waals surface area contributed by atoms with E-state index in [1.165, 1.54) is 0 Å². The lowest BCUT2D eigenvalue weighted by Gasteiger charge is -2.22. The van der Waals surface area contributed by atoms with Gasteiger partial charge in [-0.15, -0.1) is 0 Å². The number of fused-ring (bicyclic) bond motifs is 3. The van der Waals surface area contributed by atoms with Gasteiger partial charge in [-0.3, -0.25) is 43.7 Å². The van der Waals surface area contributed by atoms with Gasteiger partial charge in [-0.25, -0.2) is 4.79 Å². The number of para-hydroxylation sites is 3. The highest BCUT2D eigenvalue weighted by Gasteiger charge is 2.38. The molecule has 0 fully saturated rings. The Labute approximate surface area is 578 Å². The first-order valence-corrected chi connectivity index (χ1v) is 32.5. The highest BCUT2D eigenvalue weighted by molar-refractivity contribution is 6.01. The summed E-state index contributed by atoms with van der Waals surface area (Å²) in [5, 5.41) is 28.1. The van der Waals surface area contributed by atoms with Gasteiger partial charge in [0.1, 0.15) is 18.1 Å². The Morgan fingerprint density at radius 1 is 0.386 bits per heavy atom. The highest BCUT2D eigenvalue weighted by atomic mass is 19.4. The number of carboxylic acid groups (broad SMARTS) is 1.